The minimum Gasteiger partial charge on any atom is -0.384 e. The second kappa shape index (κ2) is 6.69. The molecule has 4 nitrogen and oxygen atoms in total. The Balaban J connectivity index is 1.61. The van der Waals surface area contributed by atoms with Crippen LogP contribution in [0.25, 0.3) is 0 Å². The van der Waals surface area contributed by atoms with E-state index in [1.807, 2.05) is 18.2 Å². The van der Waals surface area contributed by atoms with Crippen molar-refractivity contribution in [2.75, 3.05) is 32.1 Å². The second-order valence-corrected chi connectivity index (χ2v) is 6.67. The number of ether oxygens (including phenoxy) is 1. The maximum atomic E-state index is 12.9. The SMILES string of the molecule is COCC1(C(=O)N2CCCC(Nc3ccccc3)C2)CCC1. The van der Waals surface area contributed by atoms with E-state index in [4.69, 9.17) is 4.74 Å². The summed E-state index contributed by atoms with van der Waals surface area (Å²) in [6, 6.07) is 10.6. The van der Waals surface area contributed by atoms with Crippen LogP contribution < -0.4 is 5.32 Å². The molecule has 0 spiro atoms. The minimum atomic E-state index is -0.233. The lowest BCUT2D eigenvalue weighted by atomic mass is 9.68. The van der Waals surface area contributed by atoms with Gasteiger partial charge in [-0.05, 0) is 37.8 Å². The molecule has 0 aromatic heterocycles. The lowest BCUT2D eigenvalue weighted by Gasteiger charge is -2.45. The summed E-state index contributed by atoms with van der Waals surface area (Å²) in [5.74, 6) is 0.306. The van der Waals surface area contributed by atoms with Gasteiger partial charge >= 0.3 is 0 Å². The number of hydrogen-bond donors (Lipinski definition) is 1. The average molecular weight is 302 g/mol. The molecule has 1 heterocycles. The van der Waals surface area contributed by atoms with Crippen molar-refractivity contribution in [3.8, 4) is 0 Å². The summed E-state index contributed by atoms with van der Waals surface area (Å²) in [7, 11) is 1.70. The van der Waals surface area contributed by atoms with Gasteiger partial charge in [0.2, 0.25) is 5.91 Å². The molecular formula is C18H26N2O2. The highest BCUT2D eigenvalue weighted by Crippen LogP contribution is 2.43. The Bertz CT molecular complexity index is 499. The van der Waals surface area contributed by atoms with Crippen LogP contribution in [0.1, 0.15) is 32.1 Å². The first-order valence-electron chi connectivity index (χ1n) is 8.33. The fraction of sp³-hybridized carbons (Fsp3) is 0.611. The number of piperidine rings is 1. The Morgan fingerprint density at radius 3 is 2.73 bits per heavy atom. The van der Waals surface area contributed by atoms with Crippen LogP contribution in [0.4, 0.5) is 5.69 Å². The van der Waals surface area contributed by atoms with Crippen molar-refractivity contribution in [3.05, 3.63) is 30.3 Å². The van der Waals surface area contributed by atoms with Crippen molar-refractivity contribution < 1.29 is 9.53 Å². The Hall–Kier alpha value is -1.55. The molecule has 1 unspecified atom stereocenters. The zero-order chi connectivity index (χ0) is 15.4. The second-order valence-electron chi connectivity index (χ2n) is 6.67. The van der Waals surface area contributed by atoms with Gasteiger partial charge in [0.15, 0.2) is 0 Å². The van der Waals surface area contributed by atoms with Crippen LogP contribution in [0.15, 0.2) is 30.3 Å². The molecule has 1 N–H and O–H groups in total. The molecule has 0 radical (unpaired) electrons. The molecule has 4 heteroatoms. The number of benzene rings is 1. The number of nitrogens with zero attached hydrogens (tertiary/aromatic N) is 1. The highest BCUT2D eigenvalue weighted by molar-refractivity contribution is 5.84. The summed E-state index contributed by atoms with van der Waals surface area (Å²) in [6.07, 6.45) is 5.30. The number of rotatable bonds is 5. The van der Waals surface area contributed by atoms with Gasteiger partial charge in [-0.3, -0.25) is 4.79 Å². The van der Waals surface area contributed by atoms with Crippen LogP contribution in [-0.4, -0.2) is 43.7 Å². The maximum absolute atomic E-state index is 12.9. The zero-order valence-electron chi connectivity index (χ0n) is 13.4. The molecule has 0 bridgehead atoms. The van der Waals surface area contributed by atoms with E-state index in [9.17, 15) is 4.79 Å². The minimum absolute atomic E-state index is 0.233. The molecule has 120 valence electrons. The summed E-state index contributed by atoms with van der Waals surface area (Å²) in [4.78, 5) is 15.0. The van der Waals surface area contributed by atoms with E-state index in [1.54, 1.807) is 7.11 Å². The summed E-state index contributed by atoms with van der Waals surface area (Å²) in [6.45, 7) is 2.26. The molecule has 1 saturated carbocycles. The molecular weight excluding hydrogens is 276 g/mol. The number of likely N-dealkylation sites (tertiary alicyclic amines) is 1. The molecule has 1 aromatic carbocycles. The fourth-order valence-corrected chi connectivity index (χ4v) is 3.68. The van der Waals surface area contributed by atoms with Gasteiger partial charge in [-0.15, -0.1) is 0 Å². The number of nitrogens with one attached hydrogen (secondary N) is 1. The number of carbonyl (C=O) groups excluding carboxylic acids is 1. The van der Waals surface area contributed by atoms with Gasteiger partial charge in [0.25, 0.3) is 0 Å². The van der Waals surface area contributed by atoms with Crippen LogP contribution in [0.3, 0.4) is 0 Å². The van der Waals surface area contributed by atoms with E-state index in [0.29, 0.717) is 18.6 Å². The molecule has 1 atom stereocenters. The molecule has 3 rings (SSSR count). The highest BCUT2D eigenvalue weighted by atomic mass is 16.5. The first kappa shape index (κ1) is 15.3. The monoisotopic (exact) mass is 302 g/mol. The van der Waals surface area contributed by atoms with Crippen molar-refractivity contribution >= 4 is 11.6 Å². The fourth-order valence-electron chi connectivity index (χ4n) is 3.68. The summed E-state index contributed by atoms with van der Waals surface area (Å²) < 4.78 is 5.32. The van der Waals surface area contributed by atoms with E-state index in [1.165, 1.54) is 0 Å². The Kier molecular flexibility index (Phi) is 4.67. The van der Waals surface area contributed by atoms with Gasteiger partial charge < -0.3 is 15.0 Å². The predicted molar refractivity (Wildman–Crippen MR) is 87.8 cm³/mol. The lowest BCUT2D eigenvalue weighted by molar-refractivity contribution is -0.153. The average Bonchev–Trinajstić information content (AvgIpc) is 2.51. The Morgan fingerprint density at radius 1 is 1.32 bits per heavy atom. The van der Waals surface area contributed by atoms with Crippen LogP contribution in [0.2, 0.25) is 0 Å². The number of amides is 1. The predicted octanol–water partition coefficient (Wildman–Crippen LogP) is 2.91. The molecule has 1 aliphatic carbocycles. The smallest absolute Gasteiger partial charge is 0.231 e. The quantitative estimate of drug-likeness (QED) is 0.909. The zero-order valence-corrected chi connectivity index (χ0v) is 13.4. The van der Waals surface area contributed by atoms with Crippen molar-refractivity contribution in [2.24, 2.45) is 5.41 Å². The van der Waals surface area contributed by atoms with E-state index < -0.39 is 0 Å². The van der Waals surface area contributed by atoms with E-state index in [0.717, 1.165) is 50.9 Å². The van der Waals surface area contributed by atoms with Gasteiger partial charge in [0.1, 0.15) is 0 Å². The number of methoxy groups -OCH3 is 1. The first-order valence-corrected chi connectivity index (χ1v) is 8.33. The molecule has 1 aromatic rings. The van der Waals surface area contributed by atoms with Crippen molar-refractivity contribution in [2.45, 2.75) is 38.1 Å². The molecule has 1 saturated heterocycles. The molecule has 22 heavy (non-hydrogen) atoms. The number of carbonyl (C=O) groups is 1. The number of hydrogen-bond acceptors (Lipinski definition) is 3. The summed E-state index contributed by atoms with van der Waals surface area (Å²) >= 11 is 0. The van der Waals surface area contributed by atoms with Crippen LogP contribution in [-0.2, 0) is 9.53 Å². The third-order valence-electron chi connectivity index (χ3n) is 5.04. The Labute approximate surface area is 132 Å². The number of anilines is 1. The lowest BCUT2D eigenvalue weighted by Crippen LogP contribution is -2.54. The van der Waals surface area contributed by atoms with Gasteiger partial charge in [0, 0.05) is 31.9 Å². The van der Waals surface area contributed by atoms with Gasteiger partial charge in [-0.2, -0.15) is 0 Å². The first-order chi connectivity index (χ1) is 10.7. The summed E-state index contributed by atoms with van der Waals surface area (Å²) in [5.41, 5.74) is 0.903. The highest BCUT2D eigenvalue weighted by Gasteiger charge is 2.46. The van der Waals surface area contributed by atoms with E-state index in [2.05, 4.69) is 22.3 Å². The van der Waals surface area contributed by atoms with Crippen LogP contribution in [0, 0.1) is 5.41 Å². The summed E-state index contributed by atoms with van der Waals surface area (Å²) in [5, 5.41) is 3.56. The molecule has 2 fully saturated rings. The standard InChI is InChI=1S/C18H26N2O2/c1-22-14-18(10-6-11-18)17(21)20-12-5-9-16(13-20)19-15-7-3-2-4-8-15/h2-4,7-8,16,19H,5-6,9-14H2,1H3. The third-order valence-corrected chi connectivity index (χ3v) is 5.04. The molecule has 1 amide bonds. The Morgan fingerprint density at radius 2 is 2.09 bits per heavy atom. The van der Waals surface area contributed by atoms with Crippen molar-refractivity contribution in [1.82, 2.24) is 4.90 Å². The van der Waals surface area contributed by atoms with Crippen LogP contribution in [0.5, 0.6) is 0 Å². The van der Waals surface area contributed by atoms with Crippen LogP contribution >= 0.6 is 0 Å². The van der Waals surface area contributed by atoms with E-state index >= 15 is 0 Å². The maximum Gasteiger partial charge on any atom is 0.231 e. The third kappa shape index (κ3) is 3.12. The van der Waals surface area contributed by atoms with Gasteiger partial charge in [0.05, 0.1) is 12.0 Å². The van der Waals surface area contributed by atoms with Gasteiger partial charge in [-0.1, -0.05) is 24.6 Å². The topological polar surface area (TPSA) is 41.6 Å². The van der Waals surface area contributed by atoms with Crippen molar-refractivity contribution in [1.29, 1.82) is 0 Å². The molecule has 1 aliphatic heterocycles. The van der Waals surface area contributed by atoms with Gasteiger partial charge in [-0.25, -0.2) is 0 Å². The largest absolute Gasteiger partial charge is 0.384 e. The number of para-hydroxylation sites is 1. The molecule has 2 aliphatic rings. The normalized spacial score (nSPS) is 23.7. The van der Waals surface area contributed by atoms with Crippen molar-refractivity contribution in [3.63, 3.8) is 0 Å². The van der Waals surface area contributed by atoms with E-state index in [-0.39, 0.29) is 5.41 Å².